The summed E-state index contributed by atoms with van der Waals surface area (Å²) in [4.78, 5) is 0. The van der Waals surface area contributed by atoms with E-state index in [-0.39, 0.29) is 0 Å². The fourth-order valence-corrected chi connectivity index (χ4v) is 8.99. The summed E-state index contributed by atoms with van der Waals surface area (Å²) < 4.78 is -0.622. The molecule has 0 saturated carbocycles. The van der Waals surface area contributed by atoms with Crippen molar-refractivity contribution in [1.82, 2.24) is 0 Å². The van der Waals surface area contributed by atoms with Crippen LogP contribution < -0.4 is 0 Å². The molecule has 0 aliphatic rings. The van der Waals surface area contributed by atoms with E-state index in [0.717, 1.165) is 0 Å². The monoisotopic (exact) mass is 310 g/mol. The second kappa shape index (κ2) is 4.34. The zero-order valence-electron chi connectivity index (χ0n) is 6.91. The zero-order valence-corrected chi connectivity index (χ0v) is 12.3. The zero-order chi connectivity index (χ0) is 10.2. The van der Waals surface area contributed by atoms with Gasteiger partial charge in [-0.05, 0) is 67.3 Å². The SMILES string of the molecule is CCS(Cl)(Cl)C(C)(C)S(Cl)(Cl)Cl. The first-order valence-corrected chi connectivity index (χ1v) is 10.7. The van der Waals surface area contributed by atoms with Gasteiger partial charge in [-0.25, -0.2) is 0 Å². The Morgan fingerprint density at radius 2 is 1.33 bits per heavy atom. The van der Waals surface area contributed by atoms with Gasteiger partial charge < -0.3 is 0 Å². The third-order valence-corrected chi connectivity index (χ3v) is 15.0. The molecule has 0 aliphatic heterocycles. The maximum absolute atomic E-state index is 6.11. The Labute approximate surface area is 99.4 Å². The quantitative estimate of drug-likeness (QED) is 0.589. The van der Waals surface area contributed by atoms with Gasteiger partial charge in [0.15, 0.2) is 0 Å². The predicted octanol–water partition coefficient (Wildman–Crippen LogP) is 6.12. The van der Waals surface area contributed by atoms with Gasteiger partial charge in [0.2, 0.25) is 0 Å². The van der Waals surface area contributed by atoms with Crippen LogP contribution in [0.15, 0.2) is 0 Å². The third kappa shape index (κ3) is 2.82. The molecule has 7 heteroatoms. The van der Waals surface area contributed by atoms with Crippen molar-refractivity contribution in [2.75, 3.05) is 5.75 Å². The molecule has 0 radical (unpaired) electrons. The maximum Gasteiger partial charge on any atom is 0.0879 e. The molecule has 0 heterocycles. The molecule has 0 aromatic heterocycles. The molecule has 0 unspecified atom stereocenters. The van der Waals surface area contributed by atoms with Crippen molar-refractivity contribution in [2.45, 2.75) is 24.9 Å². The number of rotatable bonds is 3. The second-order valence-corrected chi connectivity index (χ2v) is 16.7. The van der Waals surface area contributed by atoms with Crippen LogP contribution in [0.25, 0.3) is 0 Å². The fraction of sp³-hybridized carbons (Fsp3) is 1.00. The van der Waals surface area contributed by atoms with Crippen molar-refractivity contribution in [1.29, 1.82) is 0 Å². The summed E-state index contributed by atoms with van der Waals surface area (Å²) in [6.45, 7) is 5.50. The van der Waals surface area contributed by atoms with Crippen LogP contribution in [0.4, 0.5) is 0 Å². The van der Waals surface area contributed by atoms with Gasteiger partial charge in [0, 0.05) is 13.4 Å². The van der Waals surface area contributed by atoms with Gasteiger partial charge in [-0.15, -0.1) is 0 Å². The topological polar surface area (TPSA) is 0 Å². The first-order chi connectivity index (χ1) is 5.06. The van der Waals surface area contributed by atoms with Crippen LogP contribution in [0.5, 0.6) is 0 Å². The van der Waals surface area contributed by atoms with Gasteiger partial charge in [0.05, 0.1) is 4.08 Å². The summed E-state index contributed by atoms with van der Waals surface area (Å²) in [7, 11) is 25.6. The Kier molecular flexibility index (Phi) is 5.12. The molecule has 0 aliphatic carbocycles. The van der Waals surface area contributed by atoms with Crippen molar-refractivity contribution in [3.8, 4) is 0 Å². The van der Waals surface area contributed by atoms with E-state index in [2.05, 4.69) is 0 Å². The van der Waals surface area contributed by atoms with Crippen molar-refractivity contribution in [2.24, 2.45) is 0 Å². The summed E-state index contributed by atoms with van der Waals surface area (Å²) in [5, 5.41) is 0. The first-order valence-electron chi connectivity index (χ1n) is 3.18. The van der Waals surface area contributed by atoms with Crippen molar-refractivity contribution in [3.63, 3.8) is 0 Å². The highest BCUT2D eigenvalue weighted by Gasteiger charge is 2.48. The van der Waals surface area contributed by atoms with Gasteiger partial charge in [-0.3, -0.25) is 0 Å². The molecule has 0 aromatic carbocycles. The summed E-state index contributed by atoms with van der Waals surface area (Å²) >= 11 is 0. The molecule has 12 heavy (non-hydrogen) atoms. The average molecular weight is 313 g/mol. The molecular weight excluding hydrogens is 301 g/mol. The molecule has 0 nitrogen and oxygen atoms in total. The Bertz CT molecular complexity index is 162. The van der Waals surface area contributed by atoms with E-state index in [1.807, 2.05) is 6.92 Å². The highest BCUT2D eigenvalue weighted by atomic mass is 36.2. The Hall–Kier alpha value is 2.15. The van der Waals surface area contributed by atoms with Crippen LogP contribution in [0.3, 0.4) is 0 Å². The average Bonchev–Trinajstić information content (AvgIpc) is 1.85. The van der Waals surface area contributed by atoms with E-state index in [9.17, 15) is 0 Å². The molecule has 0 rings (SSSR count). The largest absolute Gasteiger partial charge is 0.0879 e. The van der Waals surface area contributed by atoms with Crippen LogP contribution in [0.1, 0.15) is 20.8 Å². The summed E-state index contributed by atoms with van der Waals surface area (Å²) in [5.41, 5.74) is 0. The summed E-state index contributed by atoms with van der Waals surface area (Å²) in [5.74, 6) is 0.629. The van der Waals surface area contributed by atoms with E-state index in [4.69, 9.17) is 53.4 Å². The van der Waals surface area contributed by atoms with E-state index in [0.29, 0.717) is 5.75 Å². The molecule has 0 spiro atoms. The van der Waals surface area contributed by atoms with Crippen molar-refractivity contribution < 1.29 is 0 Å². The van der Waals surface area contributed by atoms with E-state index < -0.39 is 20.2 Å². The number of hydrogen-bond acceptors (Lipinski definition) is 0. The minimum Gasteiger partial charge on any atom is -0.0681 e. The smallest absolute Gasteiger partial charge is 0.0681 e. The molecule has 0 amide bonds. The lowest BCUT2D eigenvalue weighted by atomic mass is 10.5. The van der Waals surface area contributed by atoms with Gasteiger partial charge in [-0.1, -0.05) is 15.4 Å². The van der Waals surface area contributed by atoms with Crippen LogP contribution >= 0.6 is 69.5 Å². The van der Waals surface area contributed by atoms with E-state index in [1.165, 1.54) is 0 Å². The molecule has 78 valence electrons. The highest BCUT2D eigenvalue weighted by Crippen LogP contribution is 2.86. The first kappa shape index (κ1) is 14.2. The van der Waals surface area contributed by atoms with Gasteiger partial charge in [0.1, 0.15) is 0 Å². The summed E-state index contributed by atoms with van der Waals surface area (Å²) in [6, 6.07) is 0. The third-order valence-electron chi connectivity index (χ3n) is 1.64. The van der Waals surface area contributed by atoms with Crippen molar-refractivity contribution >= 4 is 69.5 Å². The Balaban J connectivity index is 4.85. The van der Waals surface area contributed by atoms with E-state index in [1.54, 1.807) is 13.8 Å². The summed E-state index contributed by atoms with van der Waals surface area (Å²) in [6.07, 6.45) is 0. The molecule has 0 atom stereocenters. The molecule has 0 N–H and O–H groups in total. The van der Waals surface area contributed by atoms with Gasteiger partial charge in [-0.2, -0.15) is 0 Å². The predicted molar refractivity (Wildman–Crippen MR) is 69.1 cm³/mol. The molecule has 0 bridgehead atoms. The van der Waals surface area contributed by atoms with Crippen LogP contribution in [-0.2, 0) is 0 Å². The van der Waals surface area contributed by atoms with Gasteiger partial charge >= 0.3 is 0 Å². The highest BCUT2D eigenvalue weighted by molar-refractivity contribution is 8.87. The minimum absolute atomic E-state index is 0.622. The lowest BCUT2D eigenvalue weighted by molar-refractivity contribution is 1.02. The van der Waals surface area contributed by atoms with Gasteiger partial charge in [0.25, 0.3) is 0 Å². The molecule has 0 aromatic rings. The Morgan fingerprint density at radius 3 is 1.42 bits per heavy atom. The normalized spacial score (nSPS) is 17.7. The molecule has 0 saturated heterocycles. The fourth-order valence-electron chi connectivity index (χ4n) is 0.486. The van der Waals surface area contributed by atoms with Crippen molar-refractivity contribution in [3.05, 3.63) is 0 Å². The maximum atomic E-state index is 6.11. The second-order valence-electron chi connectivity index (χ2n) is 2.67. The van der Waals surface area contributed by atoms with E-state index >= 15 is 0 Å². The molecule has 0 fully saturated rings. The minimum atomic E-state index is -2.28. The van der Waals surface area contributed by atoms with Crippen LogP contribution in [0, 0.1) is 0 Å². The van der Waals surface area contributed by atoms with Crippen LogP contribution in [-0.4, -0.2) is 9.83 Å². The standard InChI is InChI=1S/C5H11Cl5S2/c1-4-11(6,7)5(2,3)12(8,9)10/h4H2,1-3H3. The van der Waals surface area contributed by atoms with Crippen LogP contribution in [0.2, 0.25) is 0 Å². The lowest BCUT2D eigenvalue weighted by Gasteiger charge is -2.46. The number of halogens is 5. The number of hydrogen-bond donors (Lipinski definition) is 0. The molecular formula is C5H11Cl5S2. The lowest BCUT2D eigenvalue weighted by Crippen LogP contribution is -2.23. The Morgan fingerprint density at radius 1 is 1.00 bits per heavy atom.